The average Bonchev–Trinajstić information content (AvgIpc) is 2.71. The number of amidine groups is 1. The van der Waals surface area contributed by atoms with Crippen molar-refractivity contribution in [1.82, 2.24) is 4.72 Å². The quantitative estimate of drug-likeness (QED) is 0.170. The molecule has 0 aromatic heterocycles. The molecular formula is C22H30ClN3O6S. The molecule has 0 fully saturated rings. The third-order valence-electron chi connectivity index (χ3n) is 4.80. The fourth-order valence-electron chi connectivity index (χ4n) is 2.97. The van der Waals surface area contributed by atoms with Gasteiger partial charge >= 0.3 is 5.97 Å². The van der Waals surface area contributed by atoms with E-state index in [0.717, 1.165) is 17.2 Å². The fourth-order valence-corrected chi connectivity index (χ4v) is 4.12. The number of hydrogen-bond donors (Lipinski definition) is 5. The maximum Gasteiger partial charge on any atom is 0.303 e. The molecule has 0 aliphatic rings. The van der Waals surface area contributed by atoms with Crippen LogP contribution in [-0.2, 0) is 21.2 Å². The molecule has 2 rings (SSSR count). The highest BCUT2D eigenvalue weighted by atomic mass is 35.5. The molecule has 0 radical (unpaired) electrons. The van der Waals surface area contributed by atoms with Crippen LogP contribution >= 0.6 is 12.4 Å². The Balaban J connectivity index is 0.00000544. The summed E-state index contributed by atoms with van der Waals surface area (Å²) in [5.41, 5.74) is 7.42. The van der Waals surface area contributed by atoms with Gasteiger partial charge in [0, 0.05) is 18.5 Å². The molecule has 9 nitrogen and oxygen atoms in total. The lowest BCUT2D eigenvalue weighted by Crippen LogP contribution is -2.26. The minimum atomic E-state index is -4.04. The lowest BCUT2D eigenvalue weighted by atomic mass is 10.00. The van der Waals surface area contributed by atoms with Crippen molar-refractivity contribution in [3.63, 3.8) is 0 Å². The van der Waals surface area contributed by atoms with Crippen molar-refractivity contribution < 1.29 is 28.2 Å². The van der Waals surface area contributed by atoms with Gasteiger partial charge in [-0.3, -0.25) is 10.2 Å². The highest BCUT2D eigenvalue weighted by Crippen LogP contribution is 2.27. The summed E-state index contributed by atoms with van der Waals surface area (Å²) in [6, 6.07) is 9.39. The number of phenolic OH excluding ortho intramolecular Hbond substituents is 1. The summed E-state index contributed by atoms with van der Waals surface area (Å²) in [4.78, 5) is 10.3. The average molecular weight is 500 g/mol. The van der Waals surface area contributed by atoms with Gasteiger partial charge in [-0.1, -0.05) is 26.0 Å². The lowest BCUT2D eigenvalue weighted by Gasteiger charge is -2.15. The number of hydrogen-bond acceptors (Lipinski definition) is 6. The molecule has 0 spiro atoms. The Kier molecular flexibility index (Phi) is 10.6. The number of aromatic hydroxyl groups is 1. The van der Waals surface area contributed by atoms with E-state index in [1.807, 2.05) is 32.0 Å². The zero-order chi connectivity index (χ0) is 23.9. The molecule has 0 aliphatic carbocycles. The number of ether oxygens (including phenoxy) is 1. The van der Waals surface area contributed by atoms with Crippen molar-refractivity contribution in [3.8, 4) is 11.5 Å². The van der Waals surface area contributed by atoms with Gasteiger partial charge in [0.05, 0.1) is 6.61 Å². The standard InChI is InChI=1S/C22H29N3O6S.ClH/c1-14(2)16-6-5-15(19(12-16)31-11-3-4-21(27)28)9-10-25-32(29,30)20-13-17(22(23)24)7-8-18(20)26;/h5-8,12-14,25-26H,3-4,9-11H2,1-2H3,(H3,23,24)(H,27,28);1H. The Morgan fingerprint density at radius 1 is 1.21 bits per heavy atom. The highest BCUT2D eigenvalue weighted by Gasteiger charge is 2.20. The number of nitrogen functional groups attached to an aromatic ring is 1. The van der Waals surface area contributed by atoms with Crippen molar-refractivity contribution in [3.05, 3.63) is 53.1 Å². The molecule has 0 aliphatic heterocycles. The van der Waals surface area contributed by atoms with Gasteiger partial charge in [-0.2, -0.15) is 0 Å². The van der Waals surface area contributed by atoms with Gasteiger partial charge in [0.2, 0.25) is 10.0 Å². The summed E-state index contributed by atoms with van der Waals surface area (Å²) in [5.74, 6) is -0.790. The second kappa shape index (κ2) is 12.4. The van der Waals surface area contributed by atoms with Gasteiger partial charge in [-0.25, -0.2) is 13.1 Å². The summed E-state index contributed by atoms with van der Waals surface area (Å²) < 4.78 is 33.5. The number of nitrogens with two attached hydrogens (primary N) is 1. The molecule has 0 bridgehead atoms. The molecule has 0 saturated carbocycles. The summed E-state index contributed by atoms with van der Waals surface area (Å²) >= 11 is 0. The van der Waals surface area contributed by atoms with Crippen molar-refractivity contribution in [2.75, 3.05) is 13.2 Å². The predicted molar refractivity (Wildman–Crippen MR) is 128 cm³/mol. The second-order valence-corrected chi connectivity index (χ2v) is 9.35. The van der Waals surface area contributed by atoms with Gasteiger partial charge in [-0.15, -0.1) is 12.4 Å². The molecule has 0 amide bonds. The number of sulfonamides is 1. The van der Waals surface area contributed by atoms with E-state index in [4.69, 9.17) is 21.0 Å². The first-order valence-corrected chi connectivity index (χ1v) is 11.6. The van der Waals surface area contributed by atoms with Crippen LogP contribution in [0, 0.1) is 5.41 Å². The van der Waals surface area contributed by atoms with Crippen LogP contribution in [0.15, 0.2) is 41.3 Å². The molecule has 0 atom stereocenters. The van der Waals surface area contributed by atoms with E-state index >= 15 is 0 Å². The van der Waals surface area contributed by atoms with Gasteiger partial charge in [0.1, 0.15) is 22.2 Å². The van der Waals surface area contributed by atoms with Crippen molar-refractivity contribution in [2.45, 2.75) is 43.9 Å². The van der Waals surface area contributed by atoms with Crippen molar-refractivity contribution in [1.29, 1.82) is 5.41 Å². The summed E-state index contributed by atoms with van der Waals surface area (Å²) in [5, 5.41) is 26.2. The Hall–Kier alpha value is -2.82. The molecule has 0 unspecified atom stereocenters. The van der Waals surface area contributed by atoms with Crippen molar-refractivity contribution in [2.24, 2.45) is 5.73 Å². The maximum absolute atomic E-state index is 12.7. The fraction of sp³-hybridized carbons (Fsp3) is 0.364. The van der Waals surface area contributed by atoms with E-state index in [-0.39, 0.29) is 54.2 Å². The molecule has 2 aromatic rings. The second-order valence-electron chi connectivity index (χ2n) is 7.61. The predicted octanol–water partition coefficient (Wildman–Crippen LogP) is 2.99. The van der Waals surface area contributed by atoms with Crippen LogP contribution < -0.4 is 15.2 Å². The summed E-state index contributed by atoms with van der Waals surface area (Å²) in [6.07, 6.45) is 0.680. The number of aliphatic carboxylic acids is 1. The van der Waals surface area contributed by atoms with E-state index in [2.05, 4.69) is 4.72 Å². The number of benzene rings is 2. The number of carboxylic acid groups (broad SMARTS) is 1. The summed E-state index contributed by atoms with van der Waals surface area (Å²) in [6.45, 7) is 4.36. The van der Waals surface area contributed by atoms with Crippen LogP contribution in [0.25, 0.3) is 0 Å². The zero-order valence-corrected chi connectivity index (χ0v) is 20.1. The Labute approximate surface area is 199 Å². The minimum Gasteiger partial charge on any atom is -0.507 e. The first kappa shape index (κ1) is 28.2. The first-order chi connectivity index (χ1) is 15.0. The number of nitrogens with one attached hydrogen (secondary N) is 2. The van der Waals surface area contributed by atoms with Crippen LogP contribution in [0.3, 0.4) is 0 Å². The Morgan fingerprint density at radius 3 is 2.52 bits per heavy atom. The SMILES string of the molecule is CC(C)c1ccc(CCNS(=O)(=O)c2cc(C(=N)N)ccc2O)c(OCCCC(=O)O)c1.Cl. The largest absolute Gasteiger partial charge is 0.507 e. The van der Waals surface area contributed by atoms with Gasteiger partial charge < -0.3 is 20.7 Å². The number of carboxylic acids is 1. The van der Waals surface area contributed by atoms with Crippen LogP contribution in [0.4, 0.5) is 0 Å². The molecule has 0 saturated heterocycles. The van der Waals surface area contributed by atoms with E-state index in [1.165, 1.54) is 12.1 Å². The van der Waals surface area contributed by atoms with Crippen LogP contribution in [0.5, 0.6) is 11.5 Å². The molecule has 182 valence electrons. The van der Waals surface area contributed by atoms with Gasteiger partial charge in [0.25, 0.3) is 0 Å². The van der Waals surface area contributed by atoms with Crippen LogP contribution in [-0.4, -0.2) is 43.6 Å². The Morgan fingerprint density at radius 2 is 1.91 bits per heavy atom. The topological polar surface area (TPSA) is 163 Å². The zero-order valence-electron chi connectivity index (χ0n) is 18.5. The number of halogens is 1. The molecule has 11 heteroatoms. The monoisotopic (exact) mass is 499 g/mol. The molecule has 6 N–H and O–H groups in total. The maximum atomic E-state index is 12.7. The normalized spacial score (nSPS) is 11.1. The first-order valence-electron chi connectivity index (χ1n) is 10.2. The minimum absolute atomic E-state index is 0. The van der Waals surface area contributed by atoms with E-state index < -0.39 is 21.7 Å². The molecule has 2 aromatic carbocycles. The number of rotatable bonds is 12. The number of carbonyl (C=O) groups is 1. The third-order valence-corrected chi connectivity index (χ3v) is 6.29. The smallest absolute Gasteiger partial charge is 0.303 e. The Bertz CT molecular complexity index is 1090. The van der Waals surface area contributed by atoms with Crippen LogP contribution in [0.1, 0.15) is 49.3 Å². The lowest BCUT2D eigenvalue weighted by molar-refractivity contribution is -0.137. The third kappa shape index (κ3) is 8.23. The molecule has 0 heterocycles. The van der Waals surface area contributed by atoms with E-state index in [9.17, 15) is 18.3 Å². The summed E-state index contributed by atoms with van der Waals surface area (Å²) in [7, 11) is -4.04. The van der Waals surface area contributed by atoms with Crippen LogP contribution in [0.2, 0.25) is 0 Å². The molecule has 33 heavy (non-hydrogen) atoms. The number of phenols is 1. The van der Waals surface area contributed by atoms with Gasteiger partial charge in [-0.05, 0) is 54.2 Å². The molecular weight excluding hydrogens is 470 g/mol. The van der Waals surface area contributed by atoms with Crippen molar-refractivity contribution >= 4 is 34.2 Å². The van der Waals surface area contributed by atoms with Gasteiger partial charge in [0.15, 0.2) is 0 Å². The van der Waals surface area contributed by atoms with E-state index in [1.54, 1.807) is 0 Å². The van der Waals surface area contributed by atoms with E-state index in [0.29, 0.717) is 18.6 Å². The highest BCUT2D eigenvalue weighted by molar-refractivity contribution is 7.89.